The lowest BCUT2D eigenvalue weighted by Gasteiger charge is -2.35. The van der Waals surface area contributed by atoms with E-state index in [2.05, 4.69) is 278 Å². The van der Waals surface area contributed by atoms with Gasteiger partial charge < -0.3 is 4.90 Å². The molecule has 68 heavy (non-hydrogen) atoms. The van der Waals surface area contributed by atoms with Gasteiger partial charge in [0.05, 0.1) is 16.8 Å². The highest BCUT2D eigenvalue weighted by atomic mass is 15.1. The highest BCUT2D eigenvalue weighted by Crippen LogP contribution is 2.58. The van der Waals surface area contributed by atoms with E-state index in [0.29, 0.717) is 0 Å². The van der Waals surface area contributed by atoms with Gasteiger partial charge in [0, 0.05) is 22.0 Å². The predicted octanol–water partition coefficient (Wildman–Crippen LogP) is 18.0. The van der Waals surface area contributed by atoms with Crippen LogP contribution in [0.3, 0.4) is 0 Å². The second kappa shape index (κ2) is 16.3. The first-order chi connectivity index (χ1) is 33.8. The van der Waals surface area contributed by atoms with E-state index in [-0.39, 0.29) is 0 Å². The molecule has 1 aliphatic carbocycles. The molecule has 0 N–H and O–H groups in total. The smallest absolute Gasteiger partial charge is 0.0713 e. The molecule has 0 spiro atoms. The fourth-order valence-electron chi connectivity index (χ4n) is 11.4. The standard InChI is InChI=1S/C67H45N/c1-5-21-46(22-6-1)47-37-39-50(40-38-47)64-56-32-15-17-34-58(56)66(59-35-18-16-33-57(59)64)68(63-44-41-48-23-13-14-30-54(48)65(63)49-24-7-2-8-25-49)53-42-43-62-60(45-53)55-31-19-20-36-61(55)67(62,51-26-9-3-10-27-51)52-28-11-4-12-29-52/h1-45H. The molecular formula is C67H45N. The Kier molecular flexibility index (Phi) is 9.47. The number of benzene rings is 12. The summed E-state index contributed by atoms with van der Waals surface area (Å²) in [5, 5.41) is 7.20. The van der Waals surface area contributed by atoms with Crippen LogP contribution in [0.4, 0.5) is 17.1 Å². The van der Waals surface area contributed by atoms with Crippen LogP contribution in [0, 0.1) is 0 Å². The van der Waals surface area contributed by atoms with Gasteiger partial charge in [0.2, 0.25) is 0 Å². The van der Waals surface area contributed by atoms with Gasteiger partial charge in [-0.25, -0.2) is 0 Å². The quantitative estimate of drug-likeness (QED) is 0.138. The average molecular weight is 864 g/mol. The topological polar surface area (TPSA) is 3.24 Å². The van der Waals surface area contributed by atoms with Crippen molar-refractivity contribution in [2.75, 3.05) is 4.90 Å². The molecule has 1 nitrogen and oxygen atoms in total. The number of rotatable bonds is 8. The first kappa shape index (κ1) is 39.6. The molecule has 0 saturated heterocycles. The van der Waals surface area contributed by atoms with Gasteiger partial charge in [-0.15, -0.1) is 0 Å². The number of anilines is 3. The summed E-state index contributed by atoms with van der Waals surface area (Å²) in [7, 11) is 0. The Morgan fingerprint density at radius 1 is 0.279 bits per heavy atom. The van der Waals surface area contributed by atoms with Crippen LogP contribution < -0.4 is 4.90 Å². The maximum Gasteiger partial charge on any atom is 0.0713 e. The van der Waals surface area contributed by atoms with E-state index in [4.69, 9.17) is 0 Å². The van der Waals surface area contributed by atoms with Gasteiger partial charge in [-0.05, 0) is 101 Å². The monoisotopic (exact) mass is 863 g/mol. The van der Waals surface area contributed by atoms with Gasteiger partial charge in [-0.2, -0.15) is 0 Å². The molecular weight excluding hydrogens is 819 g/mol. The van der Waals surface area contributed by atoms with E-state index in [0.717, 1.165) is 17.1 Å². The Labute approximate surface area is 397 Å². The zero-order valence-electron chi connectivity index (χ0n) is 37.4. The van der Waals surface area contributed by atoms with Crippen molar-refractivity contribution in [2.24, 2.45) is 0 Å². The van der Waals surface area contributed by atoms with E-state index < -0.39 is 5.41 Å². The molecule has 0 amide bonds. The summed E-state index contributed by atoms with van der Waals surface area (Å²) in [4.78, 5) is 2.58. The van der Waals surface area contributed by atoms with Crippen molar-refractivity contribution < 1.29 is 0 Å². The zero-order valence-corrected chi connectivity index (χ0v) is 37.4. The second-order valence-electron chi connectivity index (χ2n) is 17.9. The van der Waals surface area contributed by atoms with Gasteiger partial charge in [0.15, 0.2) is 0 Å². The summed E-state index contributed by atoms with van der Waals surface area (Å²) in [5.74, 6) is 0. The lowest BCUT2D eigenvalue weighted by atomic mass is 9.68. The molecule has 0 aromatic heterocycles. The molecule has 1 aliphatic rings. The first-order valence-electron chi connectivity index (χ1n) is 23.6. The molecule has 0 atom stereocenters. The van der Waals surface area contributed by atoms with Crippen LogP contribution in [0.2, 0.25) is 0 Å². The molecule has 0 unspecified atom stereocenters. The van der Waals surface area contributed by atoms with E-state index in [1.54, 1.807) is 0 Å². The summed E-state index contributed by atoms with van der Waals surface area (Å²) < 4.78 is 0. The third-order valence-corrected chi connectivity index (χ3v) is 14.3. The highest BCUT2D eigenvalue weighted by Gasteiger charge is 2.46. The van der Waals surface area contributed by atoms with Gasteiger partial charge in [-0.1, -0.05) is 255 Å². The van der Waals surface area contributed by atoms with Crippen LogP contribution >= 0.6 is 0 Å². The lowest BCUT2D eigenvalue weighted by molar-refractivity contribution is 0.768. The number of nitrogens with zero attached hydrogens (tertiary/aromatic N) is 1. The minimum Gasteiger partial charge on any atom is -0.309 e. The third-order valence-electron chi connectivity index (χ3n) is 14.3. The molecule has 0 aliphatic heterocycles. The molecule has 12 aromatic rings. The van der Waals surface area contributed by atoms with Crippen LogP contribution in [0.1, 0.15) is 22.3 Å². The molecule has 13 rings (SSSR count). The van der Waals surface area contributed by atoms with Gasteiger partial charge in [0.25, 0.3) is 0 Å². The van der Waals surface area contributed by atoms with Crippen LogP contribution in [0.5, 0.6) is 0 Å². The normalized spacial score (nSPS) is 12.5. The number of fused-ring (bicyclic) bond motifs is 6. The summed E-state index contributed by atoms with van der Waals surface area (Å²) >= 11 is 0. The Balaban J connectivity index is 1.13. The van der Waals surface area contributed by atoms with Crippen molar-refractivity contribution in [3.63, 3.8) is 0 Å². The number of hydrogen-bond donors (Lipinski definition) is 0. The van der Waals surface area contributed by atoms with Crippen LogP contribution in [-0.2, 0) is 5.41 Å². The Hall–Kier alpha value is -8.78. The maximum atomic E-state index is 2.58. The fourth-order valence-corrected chi connectivity index (χ4v) is 11.4. The van der Waals surface area contributed by atoms with Crippen molar-refractivity contribution in [1.29, 1.82) is 0 Å². The van der Waals surface area contributed by atoms with Crippen LogP contribution in [0.25, 0.3) is 76.8 Å². The lowest BCUT2D eigenvalue weighted by Crippen LogP contribution is -2.28. The molecule has 0 saturated carbocycles. The SMILES string of the molecule is c1ccc(-c2ccc(-c3c4ccccc4c(N(c4ccc5c(c4)-c4ccccc4C5(c4ccccc4)c4ccccc4)c4ccc5ccccc5c4-c4ccccc4)c4ccccc34)cc2)cc1. The first-order valence-corrected chi connectivity index (χ1v) is 23.6. The summed E-state index contributed by atoms with van der Waals surface area (Å²) in [6, 6.07) is 101. The van der Waals surface area contributed by atoms with Crippen LogP contribution in [-0.4, -0.2) is 0 Å². The van der Waals surface area contributed by atoms with Gasteiger partial charge in [-0.3, -0.25) is 0 Å². The molecule has 0 bridgehead atoms. The zero-order chi connectivity index (χ0) is 45.0. The Morgan fingerprint density at radius 3 is 1.37 bits per heavy atom. The Morgan fingerprint density at radius 2 is 0.735 bits per heavy atom. The van der Waals surface area contributed by atoms with Crippen molar-refractivity contribution in [3.8, 4) is 44.5 Å². The minimum atomic E-state index is -0.507. The average Bonchev–Trinajstić information content (AvgIpc) is 3.72. The molecule has 318 valence electrons. The van der Waals surface area contributed by atoms with E-state index in [9.17, 15) is 0 Å². The minimum absolute atomic E-state index is 0.507. The summed E-state index contributed by atoms with van der Waals surface area (Å²) in [6.07, 6.45) is 0. The molecule has 1 heteroatoms. The molecule has 0 fully saturated rings. The van der Waals surface area contributed by atoms with Gasteiger partial charge >= 0.3 is 0 Å². The van der Waals surface area contributed by atoms with Crippen molar-refractivity contribution in [1.82, 2.24) is 0 Å². The van der Waals surface area contributed by atoms with E-state index in [1.165, 1.54) is 99.1 Å². The molecule has 12 aromatic carbocycles. The van der Waals surface area contributed by atoms with E-state index >= 15 is 0 Å². The van der Waals surface area contributed by atoms with E-state index in [1.807, 2.05) is 0 Å². The third kappa shape index (κ3) is 6.17. The molecule has 0 radical (unpaired) electrons. The second-order valence-corrected chi connectivity index (χ2v) is 17.9. The van der Waals surface area contributed by atoms with Crippen molar-refractivity contribution >= 4 is 49.4 Å². The van der Waals surface area contributed by atoms with Crippen molar-refractivity contribution in [2.45, 2.75) is 5.41 Å². The van der Waals surface area contributed by atoms with Gasteiger partial charge in [0.1, 0.15) is 0 Å². The molecule has 0 heterocycles. The summed E-state index contributed by atoms with van der Waals surface area (Å²) in [5.41, 5.74) is 17.7. The predicted molar refractivity (Wildman–Crippen MR) is 287 cm³/mol. The Bertz CT molecular complexity index is 3720. The number of hydrogen-bond acceptors (Lipinski definition) is 1. The summed E-state index contributed by atoms with van der Waals surface area (Å²) in [6.45, 7) is 0. The highest BCUT2D eigenvalue weighted by molar-refractivity contribution is 6.23. The largest absolute Gasteiger partial charge is 0.309 e. The van der Waals surface area contributed by atoms with Crippen molar-refractivity contribution in [3.05, 3.63) is 295 Å². The van der Waals surface area contributed by atoms with Crippen LogP contribution in [0.15, 0.2) is 273 Å². The fraction of sp³-hybridized carbons (Fsp3) is 0.0149. The maximum absolute atomic E-state index is 2.58.